The molecule has 0 atom stereocenters. The van der Waals surface area contributed by atoms with Crippen LogP contribution in [0.25, 0.3) is 0 Å². The molecule has 25 heavy (non-hydrogen) atoms. The summed E-state index contributed by atoms with van der Waals surface area (Å²) >= 11 is 17.6. The molecule has 0 unspecified atom stereocenters. The van der Waals surface area contributed by atoms with Crippen LogP contribution in [0.1, 0.15) is 28.8 Å². The van der Waals surface area contributed by atoms with Crippen molar-refractivity contribution in [2.24, 2.45) is 0 Å². The lowest BCUT2D eigenvalue weighted by Crippen LogP contribution is -2.24. The van der Waals surface area contributed by atoms with Gasteiger partial charge in [-0.05, 0) is 42.8 Å². The first kappa shape index (κ1) is 19.6. The Kier molecular flexibility index (Phi) is 7.56. The van der Waals surface area contributed by atoms with Gasteiger partial charge in [0.05, 0.1) is 0 Å². The molecule has 0 spiro atoms. The van der Waals surface area contributed by atoms with E-state index >= 15 is 0 Å². The second-order valence-corrected chi connectivity index (χ2v) is 6.54. The van der Waals surface area contributed by atoms with Gasteiger partial charge in [0.1, 0.15) is 6.61 Å². The van der Waals surface area contributed by atoms with Crippen molar-refractivity contribution in [1.29, 1.82) is 0 Å². The summed E-state index contributed by atoms with van der Waals surface area (Å²) in [4.78, 5) is 23.6. The molecule has 132 valence electrons. The molecule has 0 saturated carbocycles. The van der Waals surface area contributed by atoms with E-state index in [-0.39, 0.29) is 24.9 Å². The number of hydrogen-bond acceptors (Lipinski definition) is 3. The van der Waals surface area contributed by atoms with Crippen LogP contribution in [0.4, 0.5) is 0 Å². The maximum atomic E-state index is 11.9. The summed E-state index contributed by atoms with van der Waals surface area (Å²) in [5.74, 6) is -0.565. The fraction of sp³-hybridized carbons (Fsp3) is 0.222. The SMILES string of the molecule is O=C(CCCNC(=O)c1ccc(Cl)cc1)OCc1ccc(Cl)cc1Cl. The van der Waals surface area contributed by atoms with Crippen LogP contribution in [0, 0.1) is 0 Å². The number of carbonyl (C=O) groups excluding carboxylic acids is 2. The van der Waals surface area contributed by atoms with Crippen molar-refractivity contribution in [2.75, 3.05) is 6.54 Å². The lowest BCUT2D eigenvalue weighted by molar-refractivity contribution is -0.145. The molecule has 0 radical (unpaired) electrons. The zero-order valence-corrected chi connectivity index (χ0v) is 15.5. The zero-order chi connectivity index (χ0) is 18.2. The highest BCUT2D eigenvalue weighted by Gasteiger charge is 2.08. The fourth-order valence-electron chi connectivity index (χ4n) is 2.01. The van der Waals surface area contributed by atoms with Gasteiger partial charge in [-0.25, -0.2) is 0 Å². The van der Waals surface area contributed by atoms with Crippen molar-refractivity contribution in [1.82, 2.24) is 5.32 Å². The minimum absolute atomic E-state index is 0.0893. The second-order valence-electron chi connectivity index (χ2n) is 5.26. The lowest BCUT2D eigenvalue weighted by atomic mass is 10.2. The van der Waals surface area contributed by atoms with E-state index in [0.29, 0.717) is 39.2 Å². The van der Waals surface area contributed by atoms with Gasteiger partial charge in [-0.3, -0.25) is 9.59 Å². The van der Waals surface area contributed by atoms with Crippen molar-refractivity contribution in [3.05, 3.63) is 68.7 Å². The Hall–Kier alpha value is -1.75. The quantitative estimate of drug-likeness (QED) is 0.531. The number of carbonyl (C=O) groups is 2. The first-order valence-corrected chi connectivity index (χ1v) is 8.72. The minimum Gasteiger partial charge on any atom is -0.461 e. The first-order valence-electron chi connectivity index (χ1n) is 7.59. The molecule has 0 saturated heterocycles. The Morgan fingerprint density at radius 3 is 2.32 bits per heavy atom. The van der Waals surface area contributed by atoms with Crippen LogP contribution in [0.15, 0.2) is 42.5 Å². The van der Waals surface area contributed by atoms with Crippen LogP contribution < -0.4 is 5.32 Å². The molecule has 0 bridgehead atoms. The zero-order valence-electron chi connectivity index (χ0n) is 13.2. The molecule has 2 rings (SSSR count). The molecule has 1 N–H and O–H groups in total. The molecule has 2 aromatic carbocycles. The number of hydrogen-bond donors (Lipinski definition) is 1. The van der Waals surface area contributed by atoms with Crippen molar-refractivity contribution in [3.8, 4) is 0 Å². The van der Waals surface area contributed by atoms with E-state index in [2.05, 4.69) is 5.32 Å². The molecule has 2 aromatic rings. The largest absolute Gasteiger partial charge is 0.461 e. The van der Waals surface area contributed by atoms with Gasteiger partial charge in [-0.15, -0.1) is 0 Å². The summed E-state index contributed by atoms with van der Waals surface area (Å²) in [6, 6.07) is 11.6. The molecule has 0 aromatic heterocycles. The Balaban J connectivity index is 1.66. The Morgan fingerprint density at radius 2 is 1.64 bits per heavy atom. The van der Waals surface area contributed by atoms with Gasteiger partial charge < -0.3 is 10.1 Å². The number of ether oxygens (including phenoxy) is 1. The molecule has 0 heterocycles. The molecule has 0 aliphatic carbocycles. The number of esters is 1. The van der Waals surface area contributed by atoms with Crippen LogP contribution in [-0.4, -0.2) is 18.4 Å². The monoisotopic (exact) mass is 399 g/mol. The summed E-state index contributed by atoms with van der Waals surface area (Å²) in [6.07, 6.45) is 0.679. The van der Waals surface area contributed by atoms with Gasteiger partial charge in [-0.1, -0.05) is 40.9 Å². The van der Waals surface area contributed by atoms with Gasteiger partial charge in [0.25, 0.3) is 5.91 Å². The average Bonchev–Trinajstić information content (AvgIpc) is 2.58. The van der Waals surface area contributed by atoms with E-state index in [1.165, 1.54) is 0 Å². The third-order valence-electron chi connectivity index (χ3n) is 3.35. The number of nitrogens with one attached hydrogen (secondary N) is 1. The topological polar surface area (TPSA) is 55.4 Å². The second kappa shape index (κ2) is 9.66. The summed E-state index contributed by atoms with van der Waals surface area (Å²) < 4.78 is 5.16. The van der Waals surface area contributed by atoms with E-state index in [9.17, 15) is 9.59 Å². The van der Waals surface area contributed by atoms with Gasteiger partial charge in [0.15, 0.2) is 0 Å². The minimum atomic E-state index is -0.355. The van der Waals surface area contributed by atoms with E-state index in [4.69, 9.17) is 39.5 Å². The van der Waals surface area contributed by atoms with Gasteiger partial charge >= 0.3 is 5.97 Å². The summed E-state index contributed by atoms with van der Waals surface area (Å²) in [5, 5.41) is 4.29. The average molecular weight is 401 g/mol. The maximum Gasteiger partial charge on any atom is 0.306 e. The molecule has 4 nitrogen and oxygen atoms in total. The van der Waals surface area contributed by atoms with Crippen LogP contribution in [0.2, 0.25) is 15.1 Å². The van der Waals surface area contributed by atoms with Gasteiger partial charge in [0, 0.05) is 39.2 Å². The van der Waals surface area contributed by atoms with Gasteiger partial charge in [0.2, 0.25) is 0 Å². The van der Waals surface area contributed by atoms with Gasteiger partial charge in [-0.2, -0.15) is 0 Å². The Bertz CT molecular complexity index is 748. The molecular formula is C18H16Cl3NO3. The molecule has 0 aliphatic heterocycles. The highest BCUT2D eigenvalue weighted by Crippen LogP contribution is 2.21. The number of halogens is 3. The predicted octanol–water partition coefficient (Wildman–Crippen LogP) is 4.90. The number of amides is 1. The fourth-order valence-corrected chi connectivity index (χ4v) is 2.60. The van der Waals surface area contributed by atoms with Crippen LogP contribution >= 0.6 is 34.8 Å². The number of benzene rings is 2. The summed E-state index contributed by atoms with van der Waals surface area (Å²) in [7, 11) is 0. The maximum absolute atomic E-state index is 11.9. The lowest BCUT2D eigenvalue weighted by Gasteiger charge is -2.08. The summed E-state index contributed by atoms with van der Waals surface area (Å²) in [5.41, 5.74) is 1.21. The van der Waals surface area contributed by atoms with Crippen LogP contribution in [0.5, 0.6) is 0 Å². The molecule has 0 aliphatic rings. The third kappa shape index (κ3) is 6.58. The third-order valence-corrected chi connectivity index (χ3v) is 4.19. The van der Waals surface area contributed by atoms with E-state index in [1.807, 2.05) is 0 Å². The highest BCUT2D eigenvalue weighted by molar-refractivity contribution is 6.35. The normalized spacial score (nSPS) is 10.4. The van der Waals surface area contributed by atoms with Crippen molar-refractivity contribution in [3.63, 3.8) is 0 Å². The van der Waals surface area contributed by atoms with Crippen molar-refractivity contribution >= 4 is 46.7 Å². The van der Waals surface area contributed by atoms with E-state index in [1.54, 1.807) is 42.5 Å². The van der Waals surface area contributed by atoms with E-state index < -0.39 is 0 Å². The van der Waals surface area contributed by atoms with E-state index in [0.717, 1.165) is 0 Å². The van der Waals surface area contributed by atoms with Crippen LogP contribution in [0.3, 0.4) is 0 Å². The smallest absolute Gasteiger partial charge is 0.306 e. The Labute approximate surface area is 161 Å². The molecular weight excluding hydrogens is 385 g/mol. The molecule has 7 heteroatoms. The highest BCUT2D eigenvalue weighted by atomic mass is 35.5. The molecule has 0 fully saturated rings. The summed E-state index contributed by atoms with van der Waals surface area (Å²) in [6.45, 7) is 0.463. The standard InChI is InChI=1S/C18H16Cl3NO3/c19-14-6-3-12(4-7-14)18(24)22-9-1-2-17(23)25-11-13-5-8-15(20)10-16(13)21/h3-8,10H,1-2,9,11H2,(H,22,24). The predicted molar refractivity (Wildman–Crippen MR) is 99.3 cm³/mol. The van der Waals surface area contributed by atoms with Crippen molar-refractivity contribution < 1.29 is 14.3 Å². The number of rotatable bonds is 7. The molecule has 1 amide bonds. The Morgan fingerprint density at radius 1 is 0.960 bits per heavy atom. The first-order chi connectivity index (χ1) is 12.0. The van der Waals surface area contributed by atoms with Crippen LogP contribution in [-0.2, 0) is 16.1 Å². The van der Waals surface area contributed by atoms with Crippen molar-refractivity contribution in [2.45, 2.75) is 19.4 Å².